The molecule has 1 rings (SSSR count). The molecule has 0 unspecified atom stereocenters. The van der Waals surface area contributed by atoms with Gasteiger partial charge in [0.05, 0.1) is 18.2 Å². The minimum absolute atomic E-state index is 0.184. The number of carbonyl (C=O) groups is 1. The predicted octanol–water partition coefficient (Wildman–Crippen LogP) is -3.76. The molecule has 1 fully saturated rings. The highest BCUT2D eigenvalue weighted by Gasteiger charge is 2.40. The predicted molar refractivity (Wildman–Crippen MR) is 66.8 cm³/mol. The Kier molecular flexibility index (Phi) is 5.65. The molecule has 1 saturated carbocycles. The van der Waals surface area contributed by atoms with Crippen LogP contribution in [0.1, 0.15) is 13.3 Å². The molecular formula is C11H23N3O5. The van der Waals surface area contributed by atoms with Gasteiger partial charge in [0.1, 0.15) is 6.10 Å². The highest BCUT2D eigenvalue weighted by atomic mass is 16.3. The number of carbonyl (C=O) groups excluding carboxylic acids is 1. The molecule has 0 aromatic rings. The number of aliphatic hydroxyl groups is 4. The largest absolute Gasteiger partial charge is 0.391 e. The number of hydrogen-bond donors (Lipinski definition) is 7. The summed E-state index contributed by atoms with van der Waals surface area (Å²) in [5.74, 6) is -1.32. The molecule has 8 nitrogen and oxygen atoms in total. The Balaban J connectivity index is 2.63. The van der Waals surface area contributed by atoms with E-state index in [-0.39, 0.29) is 13.0 Å². The number of nitrogens with one attached hydrogen (secondary N) is 1. The highest BCUT2D eigenvalue weighted by molar-refractivity contribution is 5.81. The first kappa shape index (κ1) is 16.3. The van der Waals surface area contributed by atoms with Gasteiger partial charge in [-0.05, 0) is 6.42 Å². The summed E-state index contributed by atoms with van der Waals surface area (Å²) < 4.78 is 0. The zero-order valence-corrected chi connectivity index (χ0v) is 10.8. The smallest absolute Gasteiger partial charge is 0.251 e. The molecule has 0 heterocycles. The van der Waals surface area contributed by atoms with E-state index in [9.17, 15) is 25.2 Å². The lowest BCUT2D eigenvalue weighted by atomic mass is 9.79. The maximum Gasteiger partial charge on any atom is 0.251 e. The molecule has 19 heavy (non-hydrogen) atoms. The molecule has 0 spiro atoms. The van der Waals surface area contributed by atoms with E-state index in [1.807, 2.05) is 0 Å². The molecule has 0 aliphatic heterocycles. The summed E-state index contributed by atoms with van der Waals surface area (Å²) in [6.07, 6.45) is -4.65. The van der Waals surface area contributed by atoms with Crippen LogP contribution in [-0.4, -0.2) is 69.4 Å². The lowest BCUT2D eigenvalue weighted by Crippen LogP contribution is -2.61. The summed E-state index contributed by atoms with van der Waals surface area (Å²) >= 11 is 0. The van der Waals surface area contributed by atoms with Gasteiger partial charge in [-0.15, -0.1) is 0 Å². The Bertz CT molecular complexity index is 317. The molecule has 1 aliphatic rings. The van der Waals surface area contributed by atoms with Gasteiger partial charge in [-0.3, -0.25) is 4.79 Å². The van der Waals surface area contributed by atoms with Crippen LogP contribution in [0.25, 0.3) is 0 Å². The second-order valence-corrected chi connectivity index (χ2v) is 5.10. The van der Waals surface area contributed by atoms with Crippen LogP contribution in [0.3, 0.4) is 0 Å². The molecule has 7 atom stereocenters. The lowest BCUT2D eigenvalue weighted by Gasteiger charge is -2.40. The van der Waals surface area contributed by atoms with Gasteiger partial charge >= 0.3 is 0 Å². The Hall–Kier alpha value is -0.770. The Morgan fingerprint density at radius 1 is 1.37 bits per heavy atom. The molecular weight excluding hydrogens is 254 g/mol. The van der Waals surface area contributed by atoms with E-state index in [1.165, 1.54) is 0 Å². The van der Waals surface area contributed by atoms with Crippen molar-refractivity contribution in [2.75, 3.05) is 6.54 Å². The quantitative estimate of drug-likeness (QED) is 0.277. The van der Waals surface area contributed by atoms with Crippen molar-refractivity contribution in [3.8, 4) is 0 Å². The molecule has 8 heteroatoms. The summed E-state index contributed by atoms with van der Waals surface area (Å²) in [7, 11) is 0. The normalized spacial score (nSPS) is 38.6. The van der Waals surface area contributed by atoms with E-state index >= 15 is 0 Å². The molecule has 112 valence electrons. The summed E-state index contributed by atoms with van der Waals surface area (Å²) in [6.45, 7) is 1.37. The van der Waals surface area contributed by atoms with Crippen LogP contribution in [0, 0.1) is 5.92 Å². The van der Waals surface area contributed by atoms with Gasteiger partial charge < -0.3 is 37.2 Å². The summed E-state index contributed by atoms with van der Waals surface area (Å²) in [6, 6.07) is -1.25. The molecule has 0 radical (unpaired) electrons. The van der Waals surface area contributed by atoms with Gasteiger partial charge in [-0.1, -0.05) is 6.92 Å². The van der Waals surface area contributed by atoms with Gasteiger partial charge in [0.15, 0.2) is 6.10 Å². The molecule has 9 N–H and O–H groups in total. The second kappa shape index (κ2) is 6.60. The van der Waals surface area contributed by atoms with Crippen LogP contribution in [0.5, 0.6) is 0 Å². The highest BCUT2D eigenvalue weighted by Crippen LogP contribution is 2.24. The van der Waals surface area contributed by atoms with Crippen molar-refractivity contribution in [2.45, 2.75) is 49.8 Å². The first-order chi connectivity index (χ1) is 8.79. The average Bonchev–Trinajstić information content (AvgIpc) is 2.40. The molecule has 0 bridgehead atoms. The fourth-order valence-electron chi connectivity index (χ4n) is 2.25. The zero-order chi connectivity index (χ0) is 14.7. The fourth-order valence-corrected chi connectivity index (χ4v) is 2.25. The summed E-state index contributed by atoms with van der Waals surface area (Å²) in [5, 5.41) is 40.8. The Morgan fingerprint density at radius 3 is 2.47 bits per heavy atom. The third-order valence-corrected chi connectivity index (χ3v) is 3.66. The Morgan fingerprint density at radius 2 is 1.95 bits per heavy atom. The number of rotatable bonds is 4. The molecule has 0 aromatic heterocycles. The van der Waals surface area contributed by atoms with Crippen molar-refractivity contribution in [3.05, 3.63) is 0 Å². The van der Waals surface area contributed by atoms with Crippen LogP contribution in [0.4, 0.5) is 0 Å². The minimum Gasteiger partial charge on any atom is -0.391 e. The SMILES string of the molecule is C[C@@H]1[C@@H](O)[C@H](NC(=O)[C@@H](O)[C@@H](O)CN)C[C@H](N)[C@H]1O. The van der Waals surface area contributed by atoms with Crippen molar-refractivity contribution in [3.63, 3.8) is 0 Å². The minimum atomic E-state index is -1.66. The third kappa shape index (κ3) is 3.62. The fraction of sp³-hybridized carbons (Fsp3) is 0.909. The van der Waals surface area contributed by atoms with E-state index < -0.39 is 48.3 Å². The van der Waals surface area contributed by atoms with E-state index in [1.54, 1.807) is 6.92 Å². The van der Waals surface area contributed by atoms with E-state index in [0.717, 1.165) is 0 Å². The summed E-state index contributed by atoms with van der Waals surface area (Å²) in [5.41, 5.74) is 10.9. The molecule has 1 aliphatic carbocycles. The van der Waals surface area contributed by atoms with Gasteiger partial charge in [0.25, 0.3) is 5.91 Å². The standard InChI is InChI=1S/C11H23N3O5/c1-4-8(16)5(13)2-6(9(4)17)14-11(19)10(18)7(15)3-12/h4-10,15-18H,2-3,12-13H2,1H3,(H,14,19)/t4-,5-,6+,7-,8-,9+,10-/m0/s1. The second-order valence-electron chi connectivity index (χ2n) is 5.10. The first-order valence-corrected chi connectivity index (χ1v) is 6.27. The lowest BCUT2D eigenvalue weighted by molar-refractivity contribution is -0.138. The van der Waals surface area contributed by atoms with Crippen molar-refractivity contribution in [1.29, 1.82) is 0 Å². The van der Waals surface area contributed by atoms with E-state index in [0.29, 0.717) is 0 Å². The van der Waals surface area contributed by atoms with Gasteiger partial charge in [-0.2, -0.15) is 0 Å². The zero-order valence-electron chi connectivity index (χ0n) is 10.8. The van der Waals surface area contributed by atoms with Crippen LogP contribution in [-0.2, 0) is 4.79 Å². The van der Waals surface area contributed by atoms with Gasteiger partial charge in [0.2, 0.25) is 0 Å². The molecule has 0 aromatic carbocycles. The molecule has 1 amide bonds. The van der Waals surface area contributed by atoms with Crippen molar-refractivity contribution < 1.29 is 25.2 Å². The Labute approximate surface area is 111 Å². The molecule has 0 saturated heterocycles. The number of amides is 1. The van der Waals surface area contributed by atoms with Crippen LogP contribution >= 0.6 is 0 Å². The van der Waals surface area contributed by atoms with E-state index in [4.69, 9.17) is 11.5 Å². The first-order valence-electron chi connectivity index (χ1n) is 6.27. The third-order valence-electron chi connectivity index (χ3n) is 3.66. The van der Waals surface area contributed by atoms with Crippen LogP contribution in [0.2, 0.25) is 0 Å². The average molecular weight is 277 g/mol. The van der Waals surface area contributed by atoms with Gasteiger partial charge in [-0.25, -0.2) is 0 Å². The maximum absolute atomic E-state index is 11.7. The summed E-state index contributed by atoms with van der Waals surface area (Å²) in [4.78, 5) is 11.7. The van der Waals surface area contributed by atoms with Crippen molar-refractivity contribution in [1.82, 2.24) is 5.32 Å². The van der Waals surface area contributed by atoms with Crippen molar-refractivity contribution in [2.24, 2.45) is 17.4 Å². The monoisotopic (exact) mass is 277 g/mol. The van der Waals surface area contributed by atoms with Crippen LogP contribution in [0.15, 0.2) is 0 Å². The number of hydrogen-bond acceptors (Lipinski definition) is 7. The topological polar surface area (TPSA) is 162 Å². The van der Waals surface area contributed by atoms with Crippen molar-refractivity contribution >= 4 is 5.91 Å². The van der Waals surface area contributed by atoms with Crippen LogP contribution < -0.4 is 16.8 Å². The maximum atomic E-state index is 11.7. The number of aliphatic hydroxyl groups excluding tert-OH is 4. The van der Waals surface area contributed by atoms with Gasteiger partial charge in [0, 0.05) is 18.5 Å². The van der Waals surface area contributed by atoms with E-state index in [2.05, 4.69) is 5.32 Å². The number of nitrogens with two attached hydrogens (primary N) is 2.